The van der Waals surface area contributed by atoms with Gasteiger partial charge in [0.2, 0.25) is 0 Å². The van der Waals surface area contributed by atoms with E-state index >= 15 is 0 Å². The minimum Gasteiger partial charge on any atom is -0.464 e. The Morgan fingerprint density at radius 3 is 3.03 bits per heavy atom. The largest absolute Gasteiger partial charge is 0.464 e. The average Bonchev–Trinajstić information content (AvgIpc) is 3.32. The van der Waals surface area contributed by atoms with Gasteiger partial charge in [0.15, 0.2) is 5.65 Å². The van der Waals surface area contributed by atoms with Crippen molar-refractivity contribution in [2.24, 2.45) is 0 Å². The number of aromatic nitrogens is 2. The molecule has 3 aromatic heterocycles. The van der Waals surface area contributed by atoms with Crippen LogP contribution in [-0.4, -0.2) is 40.0 Å². The second-order valence-corrected chi connectivity index (χ2v) is 8.58. The van der Waals surface area contributed by atoms with Crippen LogP contribution in [0.4, 0.5) is 0 Å². The molecule has 29 heavy (non-hydrogen) atoms. The lowest BCUT2D eigenvalue weighted by molar-refractivity contribution is 0.0687. The summed E-state index contributed by atoms with van der Waals surface area (Å²) in [5.74, 6) is 0.730. The molecule has 8 heteroatoms. The number of nitrogens with one attached hydrogen (secondary N) is 1. The number of hydrogen-bond donors (Lipinski definition) is 1. The normalized spacial score (nSPS) is 21.5. The third-order valence-electron chi connectivity index (χ3n) is 5.81. The molecule has 0 amide bonds. The van der Waals surface area contributed by atoms with Crippen molar-refractivity contribution in [1.82, 2.24) is 20.2 Å². The van der Waals surface area contributed by atoms with Crippen LogP contribution in [0.25, 0.3) is 21.3 Å². The fraction of sp³-hybridized carbons (Fsp3) is 0.333. The smallest absolute Gasteiger partial charge is 0.281 e. The fourth-order valence-electron chi connectivity index (χ4n) is 4.36. The van der Waals surface area contributed by atoms with Crippen LogP contribution in [0.3, 0.4) is 0 Å². The van der Waals surface area contributed by atoms with Gasteiger partial charge in [0.05, 0.1) is 11.0 Å². The number of piperidine rings is 2. The third-order valence-corrected chi connectivity index (χ3v) is 6.70. The number of pyridine rings is 1. The van der Waals surface area contributed by atoms with E-state index < -0.39 is 0 Å². The van der Waals surface area contributed by atoms with Crippen LogP contribution in [0, 0.1) is 0 Å². The van der Waals surface area contributed by atoms with Crippen molar-refractivity contribution in [3.05, 3.63) is 48.4 Å². The quantitative estimate of drug-likeness (QED) is 0.513. The molecule has 3 fully saturated rings. The zero-order chi connectivity index (χ0) is 18.5. The first-order valence-electron chi connectivity index (χ1n) is 9.69. The van der Waals surface area contributed by atoms with Crippen molar-refractivity contribution < 1.29 is 9.15 Å². The summed E-state index contributed by atoms with van der Waals surface area (Å²) >= 11 is 1.49. The molecule has 0 aliphatic carbocycles. The first kappa shape index (κ1) is 18.8. The van der Waals surface area contributed by atoms with Gasteiger partial charge in [-0.05, 0) is 37.1 Å². The molecule has 0 radical (unpaired) electrons. The van der Waals surface area contributed by atoms with Crippen molar-refractivity contribution in [2.45, 2.75) is 31.5 Å². The molecule has 1 N–H and O–H groups in total. The van der Waals surface area contributed by atoms with E-state index in [1.54, 1.807) is 6.20 Å². The van der Waals surface area contributed by atoms with Crippen LogP contribution in [0.2, 0.25) is 0 Å². The number of nitrogens with zero attached hydrogens (tertiary/aromatic N) is 3. The van der Waals surface area contributed by atoms with E-state index in [4.69, 9.17) is 9.15 Å². The van der Waals surface area contributed by atoms with Crippen molar-refractivity contribution in [1.29, 1.82) is 0 Å². The van der Waals surface area contributed by atoms with E-state index in [0.717, 1.165) is 41.1 Å². The first-order valence-corrected chi connectivity index (χ1v) is 10.5. The van der Waals surface area contributed by atoms with E-state index in [0.29, 0.717) is 22.9 Å². The number of furan rings is 1. The van der Waals surface area contributed by atoms with Crippen LogP contribution in [0.15, 0.2) is 47.2 Å². The molecule has 1 aromatic carbocycles. The van der Waals surface area contributed by atoms with E-state index in [1.807, 2.05) is 30.5 Å². The second kappa shape index (κ2) is 7.57. The predicted octanol–water partition coefficient (Wildman–Crippen LogP) is 4.59. The van der Waals surface area contributed by atoms with Gasteiger partial charge in [-0.2, -0.15) is 4.98 Å². The van der Waals surface area contributed by atoms with Crippen molar-refractivity contribution in [2.75, 3.05) is 13.1 Å². The summed E-state index contributed by atoms with van der Waals surface area (Å²) in [7, 11) is 0. The predicted molar refractivity (Wildman–Crippen MR) is 116 cm³/mol. The molecular weight excluding hydrogens is 408 g/mol. The van der Waals surface area contributed by atoms with E-state index in [9.17, 15) is 0 Å². The molecular formula is C21H21ClN4O2S. The zero-order valence-corrected chi connectivity index (χ0v) is 17.3. The van der Waals surface area contributed by atoms with Crippen LogP contribution < -0.4 is 10.1 Å². The Balaban J connectivity index is 0.00000181. The number of halogens is 1. The Kier molecular flexibility index (Phi) is 4.91. The SMILES string of the molecule is Cl.c1cnc2nc(Oc3ccc4c(CN5C[C@@H]6CC[C@@H]5CN6)coc4c3)sc2c1. The monoisotopic (exact) mass is 428 g/mol. The molecule has 0 unspecified atom stereocenters. The summed E-state index contributed by atoms with van der Waals surface area (Å²) in [5.41, 5.74) is 2.82. The number of fused-ring (bicyclic) bond motifs is 5. The van der Waals surface area contributed by atoms with Gasteiger partial charge in [0.25, 0.3) is 5.19 Å². The summed E-state index contributed by atoms with van der Waals surface area (Å²) < 4.78 is 12.8. The molecule has 4 aromatic rings. The first-order chi connectivity index (χ1) is 13.8. The molecule has 0 spiro atoms. The van der Waals surface area contributed by atoms with Gasteiger partial charge in [-0.3, -0.25) is 4.90 Å². The molecule has 3 saturated heterocycles. The maximum Gasteiger partial charge on any atom is 0.281 e. The Labute approximate surface area is 178 Å². The zero-order valence-electron chi connectivity index (χ0n) is 15.7. The molecule has 3 aliphatic heterocycles. The highest BCUT2D eigenvalue weighted by atomic mass is 35.5. The Morgan fingerprint density at radius 2 is 2.24 bits per heavy atom. The highest BCUT2D eigenvalue weighted by molar-refractivity contribution is 7.20. The maximum absolute atomic E-state index is 5.96. The van der Waals surface area contributed by atoms with E-state index in [-0.39, 0.29) is 12.4 Å². The van der Waals surface area contributed by atoms with Crippen LogP contribution in [-0.2, 0) is 6.54 Å². The second-order valence-electron chi connectivity index (χ2n) is 7.59. The molecule has 150 valence electrons. The van der Waals surface area contributed by atoms with E-state index in [1.165, 1.54) is 29.7 Å². The number of benzene rings is 1. The third kappa shape index (κ3) is 3.48. The molecule has 7 rings (SSSR count). The number of ether oxygens (including phenoxy) is 1. The van der Waals surface area contributed by atoms with Crippen LogP contribution >= 0.6 is 23.7 Å². The van der Waals surface area contributed by atoms with Gasteiger partial charge < -0.3 is 14.5 Å². The number of thiazole rings is 1. The van der Waals surface area contributed by atoms with Crippen molar-refractivity contribution in [3.8, 4) is 10.9 Å². The van der Waals surface area contributed by atoms with Gasteiger partial charge in [0.1, 0.15) is 11.3 Å². The Morgan fingerprint density at radius 1 is 1.28 bits per heavy atom. The average molecular weight is 429 g/mol. The van der Waals surface area contributed by atoms with Gasteiger partial charge in [-0.15, -0.1) is 12.4 Å². The lowest BCUT2D eigenvalue weighted by Gasteiger charge is -2.45. The van der Waals surface area contributed by atoms with Crippen molar-refractivity contribution in [3.63, 3.8) is 0 Å². The molecule has 0 saturated carbocycles. The summed E-state index contributed by atoms with van der Waals surface area (Å²) in [6, 6.07) is 11.2. The summed E-state index contributed by atoms with van der Waals surface area (Å²) in [6.45, 7) is 3.18. The minimum absolute atomic E-state index is 0. The molecule has 6 nitrogen and oxygen atoms in total. The van der Waals surface area contributed by atoms with Crippen molar-refractivity contribution >= 4 is 45.1 Å². The molecule has 2 atom stereocenters. The highest BCUT2D eigenvalue weighted by Crippen LogP contribution is 2.33. The number of hydrogen-bond acceptors (Lipinski definition) is 7. The van der Waals surface area contributed by atoms with E-state index in [2.05, 4.69) is 26.3 Å². The topological polar surface area (TPSA) is 63.4 Å². The standard InChI is InChI=1S/C21H20N4O2S.ClH/c1-2-19-20(22-7-1)24-21(28-19)27-16-5-6-17-13(12-26-18(17)8-16)10-25-11-14-3-4-15(25)9-23-14;/h1-2,5-8,12,14-15,23H,3-4,9-11H2;1H/t14-,15+;/m0./s1. The minimum atomic E-state index is 0. The van der Waals surface area contributed by atoms with Crippen LogP contribution in [0.1, 0.15) is 18.4 Å². The van der Waals surface area contributed by atoms with Gasteiger partial charge >= 0.3 is 0 Å². The lowest BCUT2D eigenvalue weighted by Crippen LogP contribution is -2.60. The fourth-order valence-corrected chi connectivity index (χ4v) is 5.15. The van der Waals surface area contributed by atoms with Gasteiger partial charge in [-0.1, -0.05) is 11.3 Å². The lowest BCUT2D eigenvalue weighted by atomic mass is 9.92. The maximum atomic E-state index is 5.96. The summed E-state index contributed by atoms with van der Waals surface area (Å²) in [5, 5.41) is 5.37. The Hall–Kier alpha value is -2.19. The Bertz CT molecular complexity index is 1120. The molecule has 2 bridgehead atoms. The van der Waals surface area contributed by atoms with Gasteiger partial charge in [0, 0.05) is 54.9 Å². The highest BCUT2D eigenvalue weighted by Gasteiger charge is 2.33. The summed E-state index contributed by atoms with van der Waals surface area (Å²) in [6.07, 6.45) is 6.23. The van der Waals surface area contributed by atoms with Gasteiger partial charge in [-0.25, -0.2) is 4.98 Å². The number of piperazine rings is 1. The number of rotatable bonds is 4. The molecule has 6 heterocycles. The van der Waals surface area contributed by atoms with Crippen LogP contribution in [0.5, 0.6) is 10.9 Å². The summed E-state index contributed by atoms with van der Waals surface area (Å²) in [4.78, 5) is 11.3. The molecule has 3 aliphatic rings.